The molecule has 0 spiro atoms. The van der Waals surface area contributed by atoms with Gasteiger partial charge in [0.2, 0.25) is 5.91 Å². The first-order valence-electron chi connectivity index (χ1n) is 9.90. The maximum atomic E-state index is 11.4. The van der Waals surface area contributed by atoms with E-state index in [0.29, 0.717) is 0 Å². The first kappa shape index (κ1) is 21.6. The summed E-state index contributed by atoms with van der Waals surface area (Å²) >= 11 is 1.84. The Hall–Kier alpha value is -1.73. The summed E-state index contributed by atoms with van der Waals surface area (Å²) in [4.78, 5) is 19.7. The lowest BCUT2D eigenvalue weighted by molar-refractivity contribution is -0.123. The van der Waals surface area contributed by atoms with Gasteiger partial charge in [0.15, 0.2) is 5.96 Å². The average Bonchev–Trinajstić information content (AvgIpc) is 2.69. The fraction of sp³-hybridized carbons (Fsp3) is 0.600. The highest BCUT2D eigenvalue weighted by Crippen LogP contribution is 2.16. The normalized spacial score (nSPS) is 18.3. The van der Waals surface area contributed by atoms with E-state index in [1.807, 2.05) is 17.8 Å². The van der Waals surface area contributed by atoms with Gasteiger partial charge in [-0.1, -0.05) is 18.2 Å². The molecule has 1 aliphatic heterocycles. The number of nitrogens with two attached hydrogens (primary N) is 1. The summed E-state index contributed by atoms with van der Waals surface area (Å²) in [5.74, 6) is 1.73. The number of primary amides is 1. The van der Waals surface area contributed by atoms with Gasteiger partial charge in [-0.05, 0) is 51.4 Å². The summed E-state index contributed by atoms with van der Waals surface area (Å²) in [7, 11) is 0. The molecule has 7 heteroatoms. The van der Waals surface area contributed by atoms with Crippen molar-refractivity contribution in [2.45, 2.75) is 31.1 Å². The summed E-state index contributed by atoms with van der Waals surface area (Å²) < 4.78 is 0. The zero-order chi connectivity index (χ0) is 19.3. The smallest absolute Gasteiger partial charge is 0.221 e. The summed E-state index contributed by atoms with van der Waals surface area (Å²) in [6, 6.07) is 10.4. The number of rotatable bonds is 10. The molecule has 150 valence electrons. The van der Waals surface area contributed by atoms with Crippen molar-refractivity contribution in [1.29, 1.82) is 0 Å². The van der Waals surface area contributed by atoms with Gasteiger partial charge >= 0.3 is 0 Å². The predicted molar refractivity (Wildman–Crippen MR) is 114 cm³/mol. The van der Waals surface area contributed by atoms with Gasteiger partial charge in [0.1, 0.15) is 0 Å². The molecule has 0 bridgehead atoms. The lowest BCUT2D eigenvalue weighted by atomic mass is 9.97. The molecule has 1 saturated heterocycles. The minimum Gasteiger partial charge on any atom is -0.369 e. The van der Waals surface area contributed by atoms with Crippen molar-refractivity contribution < 1.29 is 4.79 Å². The van der Waals surface area contributed by atoms with Crippen molar-refractivity contribution in [3.05, 3.63) is 30.3 Å². The summed E-state index contributed by atoms with van der Waals surface area (Å²) in [6.07, 6.45) is 2.97. The molecule has 2 rings (SSSR count). The number of aliphatic imine (C=N–C) groups is 1. The third-order valence-electron chi connectivity index (χ3n) is 4.56. The van der Waals surface area contributed by atoms with Crippen molar-refractivity contribution in [3.63, 3.8) is 0 Å². The SMILES string of the molecule is CCNC(=NCCCN1CCCC(C(N)=O)C1)NCCSc1ccccc1. The molecule has 1 amide bonds. The third-order valence-corrected chi connectivity index (χ3v) is 5.57. The lowest BCUT2D eigenvalue weighted by Gasteiger charge is -2.30. The lowest BCUT2D eigenvalue weighted by Crippen LogP contribution is -2.41. The van der Waals surface area contributed by atoms with Crippen molar-refractivity contribution in [2.75, 3.05) is 45.0 Å². The molecule has 1 heterocycles. The van der Waals surface area contributed by atoms with Gasteiger partial charge in [-0.3, -0.25) is 9.79 Å². The molecule has 1 unspecified atom stereocenters. The average molecular weight is 392 g/mol. The van der Waals surface area contributed by atoms with Crippen molar-refractivity contribution in [2.24, 2.45) is 16.6 Å². The first-order valence-corrected chi connectivity index (χ1v) is 10.9. The van der Waals surface area contributed by atoms with E-state index in [1.165, 1.54) is 4.90 Å². The molecule has 1 fully saturated rings. The summed E-state index contributed by atoms with van der Waals surface area (Å²) in [6.45, 7) is 7.40. The van der Waals surface area contributed by atoms with Crippen LogP contribution in [0.2, 0.25) is 0 Å². The predicted octanol–water partition coefficient (Wildman–Crippen LogP) is 1.92. The number of carbonyl (C=O) groups excluding carboxylic acids is 1. The van der Waals surface area contributed by atoms with Crippen LogP contribution in [0.5, 0.6) is 0 Å². The molecule has 27 heavy (non-hydrogen) atoms. The van der Waals surface area contributed by atoms with Crippen LogP contribution in [-0.2, 0) is 4.79 Å². The second kappa shape index (κ2) is 12.6. The highest BCUT2D eigenvalue weighted by molar-refractivity contribution is 7.99. The number of piperidine rings is 1. The number of benzene rings is 1. The van der Waals surface area contributed by atoms with Gasteiger partial charge in [0, 0.05) is 36.8 Å². The van der Waals surface area contributed by atoms with E-state index in [4.69, 9.17) is 5.73 Å². The minimum absolute atomic E-state index is 0.0170. The Kier molecular flexibility index (Phi) is 10.1. The van der Waals surface area contributed by atoms with E-state index < -0.39 is 0 Å². The Labute approximate surface area is 167 Å². The van der Waals surface area contributed by atoms with Gasteiger partial charge in [-0.2, -0.15) is 0 Å². The van der Waals surface area contributed by atoms with Crippen LogP contribution in [-0.4, -0.2) is 61.8 Å². The van der Waals surface area contributed by atoms with Crippen molar-refractivity contribution >= 4 is 23.6 Å². The largest absolute Gasteiger partial charge is 0.369 e. The number of hydrogen-bond donors (Lipinski definition) is 3. The van der Waals surface area contributed by atoms with Crippen LogP contribution in [0, 0.1) is 5.92 Å². The molecule has 1 atom stereocenters. The highest BCUT2D eigenvalue weighted by Gasteiger charge is 2.23. The number of guanidine groups is 1. The Balaban J connectivity index is 1.64. The fourth-order valence-corrected chi connectivity index (χ4v) is 3.96. The van der Waals surface area contributed by atoms with Gasteiger partial charge in [-0.25, -0.2) is 0 Å². The number of likely N-dealkylation sites (tertiary alicyclic amines) is 1. The second-order valence-electron chi connectivity index (χ2n) is 6.74. The Bertz CT molecular complexity index is 581. The van der Waals surface area contributed by atoms with Crippen LogP contribution < -0.4 is 16.4 Å². The second-order valence-corrected chi connectivity index (χ2v) is 7.91. The molecule has 0 radical (unpaired) electrons. The zero-order valence-electron chi connectivity index (χ0n) is 16.3. The number of amides is 1. The molecule has 4 N–H and O–H groups in total. The van der Waals surface area contributed by atoms with E-state index in [2.05, 4.69) is 51.7 Å². The van der Waals surface area contributed by atoms with Gasteiger partial charge in [0.25, 0.3) is 0 Å². The van der Waals surface area contributed by atoms with E-state index in [9.17, 15) is 4.79 Å². The fourth-order valence-electron chi connectivity index (χ4n) is 3.17. The molecule has 0 aliphatic carbocycles. The van der Waals surface area contributed by atoms with Crippen molar-refractivity contribution in [1.82, 2.24) is 15.5 Å². The number of hydrogen-bond acceptors (Lipinski definition) is 4. The van der Waals surface area contributed by atoms with E-state index in [1.54, 1.807) is 0 Å². The highest BCUT2D eigenvalue weighted by atomic mass is 32.2. The monoisotopic (exact) mass is 391 g/mol. The van der Waals surface area contributed by atoms with E-state index in [-0.39, 0.29) is 11.8 Å². The Morgan fingerprint density at radius 2 is 2.15 bits per heavy atom. The molecule has 1 aromatic carbocycles. The van der Waals surface area contributed by atoms with E-state index in [0.717, 1.165) is 70.2 Å². The first-order chi connectivity index (χ1) is 13.2. The maximum absolute atomic E-state index is 11.4. The molecule has 6 nitrogen and oxygen atoms in total. The molecular formula is C20H33N5OS. The molecule has 0 aromatic heterocycles. The standard InChI is InChI=1S/C20H33N5OS/c1-2-22-20(24-12-15-27-18-9-4-3-5-10-18)23-11-7-14-25-13-6-8-17(16-25)19(21)26/h3-5,9-10,17H,2,6-8,11-16H2,1H3,(H2,21,26)(H2,22,23,24). The third kappa shape index (κ3) is 8.67. The summed E-state index contributed by atoms with van der Waals surface area (Å²) in [5.41, 5.74) is 5.45. The van der Waals surface area contributed by atoms with E-state index >= 15 is 0 Å². The topological polar surface area (TPSA) is 82.8 Å². The Morgan fingerprint density at radius 1 is 1.33 bits per heavy atom. The Morgan fingerprint density at radius 3 is 2.89 bits per heavy atom. The van der Waals surface area contributed by atoms with Crippen molar-refractivity contribution in [3.8, 4) is 0 Å². The molecule has 1 aliphatic rings. The van der Waals surface area contributed by atoms with Crippen LogP contribution in [0.25, 0.3) is 0 Å². The maximum Gasteiger partial charge on any atom is 0.221 e. The van der Waals surface area contributed by atoms with Gasteiger partial charge in [0.05, 0.1) is 5.92 Å². The quantitative estimate of drug-likeness (QED) is 0.246. The molecule has 1 aromatic rings. The molecular weight excluding hydrogens is 358 g/mol. The summed E-state index contributed by atoms with van der Waals surface area (Å²) in [5, 5.41) is 6.69. The number of nitrogens with zero attached hydrogens (tertiary/aromatic N) is 2. The minimum atomic E-state index is -0.162. The van der Waals surface area contributed by atoms with Crippen LogP contribution in [0.3, 0.4) is 0 Å². The van der Waals surface area contributed by atoms with Gasteiger partial charge < -0.3 is 21.3 Å². The van der Waals surface area contributed by atoms with Crippen LogP contribution in [0.4, 0.5) is 0 Å². The van der Waals surface area contributed by atoms with Crippen LogP contribution in [0.1, 0.15) is 26.2 Å². The van der Waals surface area contributed by atoms with Crippen LogP contribution >= 0.6 is 11.8 Å². The molecule has 0 saturated carbocycles. The van der Waals surface area contributed by atoms with Crippen LogP contribution in [0.15, 0.2) is 40.2 Å². The zero-order valence-corrected chi connectivity index (χ0v) is 17.1. The number of carbonyl (C=O) groups is 1. The number of thioether (sulfide) groups is 1. The number of nitrogens with one attached hydrogen (secondary N) is 2. The van der Waals surface area contributed by atoms with Gasteiger partial charge in [-0.15, -0.1) is 11.8 Å².